The van der Waals surface area contributed by atoms with Crippen LogP contribution in [-0.4, -0.2) is 50.7 Å². The summed E-state index contributed by atoms with van der Waals surface area (Å²) in [6.07, 6.45) is 0. The molecule has 0 fully saturated rings. The largest absolute Gasteiger partial charge is 0.331 e. The van der Waals surface area contributed by atoms with Gasteiger partial charge in [0.1, 0.15) is 0 Å². The Morgan fingerprint density at radius 3 is 1.50 bits per heavy atom. The van der Waals surface area contributed by atoms with Crippen LogP contribution in [0.25, 0.3) is 0 Å². The van der Waals surface area contributed by atoms with Gasteiger partial charge in [-0.05, 0) is 42.0 Å². The molecule has 0 aromatic heterocycles. The summed E-state index contributed by atoms with van der Waals surface area (Å²) >= 11 is 0. The van der Waals surface area contributed by atoms with Crippen molar-refractivity contribution >= 4 is 15.0 Å². The lowest BCUT2D eigenvalue weighted by Gasteiger charge is -2.47. The van der Waals surface area contributed by atoms with Crippen molar-refractivity contribution in [1.82, 2.24) is 9.34 Å². The fraction of sp³-hybridized carbons (Fsp3) is 0.900. The Hall–Kier alpha value is 0.300. The summed E-state index contributed by atoms with van der Waals surface area (Å²) in [6, 6.07) is 0. The zero-order valence-corrected chi connectivity index (χ0v) is 14.1. The molecule has 0 aromatic carbocycles. The SMILES string of the molecule is CCOP(=O)(OCC)[C-](C)P(=O)(N(C)C)N(C)C. The summed E-state index contributed by atoms with van der Waals surface area (Å²) in [6.45, 7) is 5.53. The molecule has 8 heteroatoms. The zero-order valence-electron chi connectivity index (χ0n) is 12.3. The number of nitrogens with zero attached hydrogens (tertiary/aromatic N) is 2. The van der Waals surface area contributed by atoms with Gasteiger partial charge in [-0.3, -0.25) is 13.9 Å². The van der Waals surface area contributed by atoms with Crippen LogP contribution in [0.3, 0.4) is 0 Å². The van der Waals surface area contributed by atoms with E-state index in [1.54, 1.807) is 58.3 Å². The lowest BCUT2D eigenvalue weighted by Crippen LogP contribution is -2.25. The first-order valence-electron chi connectivity index (χ1n) is 5.86. The Labute approximate surface area is 111 Å². The van der Waals surface area contributed by atoms with E-state index in [2.05, 4.69) is 0 Å². The van der Waals surface area contributed by atoms with E-state index in [-0.39, 0.29) is 18.6 Å². The molecular formula is C10H25N2O4P2-. The van der Waals surface area contributed by atoms with Crippen molar-refractivity contribution in [3.05, 3.63) is 5.40 Å². The molecule has 0 bridgehead atoms. The molecule has 6 nitrogen and oxygen atoms in total. The lowest BCUT2D eigenvalue weighted by atomic mass is 10.9. The molecule has 0 aliphatic carbocycles. The summed E-state index contributed by atoms with van der Waals surface area (Å²) in [7, 11) is 0.214. The minimum absolute atomic E-state index is 0.246. The third kappa shape index (κ3) is 3.66. The Bertz CT molecular complexity index is 325. The van der Waals surface area contributed by atoms with Crippen molar-refractivity contribution < 1.29 is 18.2 Å². The van der Waals surface area contributed by atoms with Crippen LogP contribution in [0, 0.1) is 5.40 Å². The van der Waals surface area contributed by atoms with Gasteiger partial charge in [-0.25, -0.2) is 0 Å². The fourth-order valence-electron chi connectivity index (χ4n) is 1.66. The minimum Gasteiger partial charge on any atom is -0.331 e. The summed E-state index contributed by atoms with van der Waals surface area (Å²) in [4.78, 5) is 0. The van der Waals surface area contributed by atoms with E-state index in [1.165, 1.54) is 0 Å². The smallest absolute Gasteiger partial charge is 0.199 e. The van der Waals surface area contributed by atoms with Gasteiger partial charge in [0.15, 0.2) is 7.60 Å². The predicted molar refractivity (Wildman–Crippen MR) is 74.8 cm³/mol. The van der Waals surface area contributed by atoms with Crippen LogP contribution in [0.5, 0.6) is 0 Å². The Morgan fingerprint density at radius 1 is 0.944 bits per heavy atom. The van der Waals surface area contributed by atoms with Crippen molar-refractivity contribution in [3.8, 4) is 0 Å². The van der Waals surface area contributed by atoms with Crippen LogP contribution >= 0.6 is 15.0 Å². The molecule has 18 heavy (non-hydrogen) atoms. The van der Waals surface area contributed by atoms with Gasteiger partial charge in [0.05, 0.1) is 20.7 Å². The molecule has 110 valence electrons. The summed E-state index contributed by atoms with van der Waals surface area (Å²) in [5.41, 5.74) is 0. The number of hydrogen-bond donors (Lipinski definition) is 0. The average molecular weight is 299 g/mol. The molecule has 0 radical (unpaired) electrons. The summed E-state index contributed by atoms with van der Waals surface area (Å²) in [5.74, 6) is 0. The lowest BCUT2D eigenvalue weighted by molar-refractivity contribution is 0.223. The first-order chi connectivity index (χ1) is 8.16. The van der Waals surface area contributed by atoms with E-state index >= 15 is 0 Å². The molecule has 0 aromatic rings. The highest BCUT2D eigenvalue weighted by molar-refractivity contribution is 7.79. The van der Waals surface area contributed by atoms with Crippen molar-refractivity contribution in [2.45, 2.75) is 20.8 Å². The van der Waals surface area contributed by atoms with Crippen LogP contribution in [-0.2, 0) is 18.2 Å². The highest BCUT2D eigenvalue weighted by atomic mass is 31.2. The second-order valence-corrected chi connectivity index (χ2v) is 10.0. The predicted octanol–water partition coefficient (Wildman–Crippen LogP) is 3.08. The normalized spacial score (nSPS) is 13.9. The maximum absolute atomic E-state index is 13.0. The Kier molecular flexibility index (Phi) is 7.30. The van der Waals surface area contributed by atoms with E-state index in [0.29, 0.717) is 0 Å². The molecular weight excluding hydrogens is 274 g/mol. The number of rotatable bonds is 8. The summed E-state index contributed by atoms with van der Waals surface area (Å²) in [5, 5.41) is 0.258. The standard InChI is InChI=1S/C10H25N2O4P2/c1-8-15-18(14,16-9-2)10(3)17(13,11(4)5)12(6)7/h8-9H2,1-7H3/q-1. The average Bonchev–Trinajstić information content (AvgIpc) is 2.26. The van der Waals surface area contributed by atoms with Crippen LogP contribution in [0.4, 0.5) is 0 Å². The van der Waals surface area contributed by atoms with Gasteiger partial charge in [0.2, 0.25) is 0 Å². The van der Waals surface area contributed by atoms with Gasteiger partial charge >= 0.3 is 0 Å². The van der Waals surface area contributed by atoms with Crippen molar-refractivity contribution in [3.63, 3.8) is 0 Å². The highest BCUT2D eigenvalue weighted by Gasteiger charge is 2.35. The van der Waals surface area contributed by atoms with E-state index in [4.69, 9.17) is 9.05 Å². The van der Waals surface area contributed by atoms with Crippen molar-refractivity contribution in [1.29, 1.82) is 0 Å². The van der Waals surface area contributed by atoms with Gasteiger partial charge in [0, 0.05) is 0 Å². The minimum atomic E-state index is -3.47. The molecule has 0 saturated heterocycles. The number of hydrogen-bond acceptors (Lipinski definition) is 4. The highest BCUT2D eigenvalue weighted by Crippen LogP contribution is 2.75. The quantitative estimate of drug-likeness (QED) is 0.507. The van der Waals surface area contributed by atoms with E-state index in [0.717, 1.165) is 0 Å². The molecule has 0 spiro atoms. The van der Waals surface area contributed by atoms with Crippen LogP contribution in [0.2, 0.25) is 0 Å². The van der Waals surface area contributed by atoms with Gasteiger partial charge in [-0.2, -0.15) is 6.92 Å². The topological polar surface area (TPSA) is 59.1 Å². The second-order valence-electron chi connectivity index (χ2n) is 4.12. The van der Waals surface area contributed by atoms with E-state index < -0.39 is 15.0 Å². The van der Waals surface area contributed by atoms with Gasteiger partial charge in [0.25, 0.3) is 0 Å². The van der Waals surface area contributed by atoms with Crippen LogP contribution in [0.1, 0.15) is 20.8 Å². The van der Waals surface area contributed by atoms with Gasteiger partial charge in [-0.1, -0.05) is 0 Å². The first kappa shape index (κ1) is 18.3. The van der Waals surface area contributed by atoms with Crippen LogP contribution in [0.15, 0.2) is 0 Å². The van der Waals surface area contributed by atoms with E-state index in [1.807, 2.05) is 0 Å². The molecule has 0 unspecified atom stereocenters. The monoisotopic (exact) mass is 299 g/mol. The molecule has 0 aliphatic rings. The van der Waals surface area contributed by atoms with Gasteiger partial charge in [-0.15, -0.1) is 5.40 Å². The third-order valence-electron chi connectivity index (χ3n) is 2.50. The van der Waals surface area contributed by atoms with Gasteiger partial charge < -0.3 is 13.6 Å². The fourth-order valence-corrected chi connectivity index (χ4v) is 7.36. The zero-order chi connectivity index (χ0) is 14.6. The molecule has 0 saturated carbocycles. The Morgan fingerprint density at radius 2 is 1.28 bits per heavy atom. The molecule has 0 heterocycles. The Balaban J connectivity index is 5.48. The molecule has 0 aliphatic heterocycles. The third-order valence-corrected chi connectivity index (χ3v) is 9.02. The summed E-state index contributed by atoms with van der Waals surface area (Å²) < 4.78 is 39.3. The van der Waals surface area contributed by atoms with Crippen LogP contribution < -0.4 is 0 Å². The first-order valence-corrected chi connectivity index (χ1v) is 9.01. The molecule has 0 N–H and O–H groups in total. The van der Waals surface area contributed by atoms with Crippen molar-refractivity contribution in [2.75, 3.05) is 41.4 Å². The molecule has 0 atom stereocenters. The molecule has 0 amide bonds. The second kappa shape index (κ2) is 7.18. The molecule has 0 rings (SSSR count). The maximum atomic E-state index is 13.0. The van der Waals surface area contributed by atoms with E-state index in [9.17, 15) is 9.13 Å². The van der Waals surface area contributed by atoms with Crippen molar-refractivity contribution in [2.24, 2.45) is 0 Å². The maximum Gasteiger partial charge on any atom is 0.199 e.